The molecular weight excluding hydrogens is 248 g/mol. The molecule has 1 aliphatic rings. The standard InChI is InChI=1S/C17H30N2O/c1-5-18-11-17-14(3)10-16(20-17)12-19(4)15-8-6-13(2)7-9-15/h10,13,15,18H,5-9,11-12H2,1-4H3. The van der Waals surface area contributed by atoms with Gasteiger partial charge in [0, 0.05) is 6.04 Å². The molecule has 0 bridgehead atoms. The van der Waals surface area contributed by atoms with Gasteiger partial charge in [-0.15, -0.1) is 0 Å². The molecule has 0 radical (unpaired) electrons. The van der Waals surface area contributed by atoms with Crippen LogP contribution in [0.5, 0.6) is 0 Å². The minimum Gasteiger partial charge on any atom is -0.463 e. The third-order valence-electron chi connectivity index (χ3n) is 4.62. The van der Waals surface area contributed by atoms with Crippen molar-refractivity contribution in [3.63, 3.8) is 0 Å². The van der Waals surface area contributed by atoms with E-state index < -0.39 is 0 Å². The number of hydrogen-bond donors (Lipinski definition) is 1. The van der Waals surface area contributed by atoms with Crippen molar-refractivity contribution in [2.45, 2.75) is 65.6 Å². The van der Waals surface area contributed by atoms with E-state index in [9.17, 15) is 0 Å². The van der Waals surface area contributed by atoms with E-state index in [0.717, 1.165) is 43.1 Å². The maximum Gasteiger partial charge on any atom is 0.120 e. The van der Waals surface area contributed by atoms with Gasteiger partial charge in [0.1, 0.15) is 11.5 Å². The summed E-state index contributed by atoms with van der Waals surface area (Å²) in [6.45, 7) is 9.40. The van der Waals surface area contributed by atoms with E-state index in [1.165, 1.54) is 31.2 Å². The van der Waals surface area contributed by atoms with E-state index in [1.807, 2.05) is 0 Å². The molecule has 0 spiro atoms. The second-order valence-electron chi connectivity index (χ2n) is 6.43. The fraction of sp³-hybridized carbons (Fsp3) is 0.765. The monoisotopic (exact) mass is 278 g/mol. The fourth-order valence-corrected chi connectivity index (χ4v) is 3.14. The van der Waals surface area contributed by atoms with Gasteiger partial charge in [0.2, 0.25) is 0 Å². The first-order chi connectivity index (χ1) is 9.60. The molecule has 1 heterocycles. The molecule has 1 aromatic rings. The SMILES string of the molecule is CCNCc1oc(CN(C)C2CCC(C)CC2)cc1C. The highest BCUT2D eigenvalue weighted by Gasteiger charge is 2.22. The summed E-state index contributed by atoms with van der Waals surface area (Å²) in [4.78, 5) is 2.47. The molecule has 0 unspecified atom stereocenters. The van der Waals surface area contributed by atoms with E-state index in [2.05, 4.69) is 44.1 Å². The summed E-state index contributed by atoms with van der Waals surface area (Å²) in [7, 11) is 2.24. The number of nitrogens with one attached hydrogen (secondary N) is 1. The lowest BCUT2D eigenvalue weighted by atomic mass is 9.87. The summed E-state index contributed by atoms with van der Waals surface area (Å²) in [5, 5.41) is 3.33. The van der Waals surface area contributed by atoms with Gasteiger partial charge in [-0.2, -0.15) is 0 Å². The van der Waals surface area contributed by atoms with Crippen LogP contribution < -0.4 is 5.32 Å². The summed E-state index contributed by atoms with van der Waals surface area (Å²) in [5.74, 6) is 3.11. The number of hydrogen-bond acceptors (Lipinski definition) is 3. The van der Waals surface area contributed by atoms with Crippen molar-refractivity contribution in [2.75, 3.05) is 13.6 Å². The molecule has 114 valence electrons. The van der Waals surface area contributed by atoms with Crippen LogP contribution in [0.3, 0.4) is 0 Å². The first-order valence-corrected chi connectivity index (χ1v) is 8.09. The highest BCUT2D eigenvalue weighted by Crippen LogP contribution is 2.27. The van der Waals surface area contributed by atoms with Crippen LogP contribution in [0, 0.1) is 12.8 Å². The summed E-state index contributed by atoms with van der Waals surface area (Å²) >= 11 is 0. The van der Waals surface area contributed by atoms with E-state index in [4.69, 9.17) is 4.42 Å². The predicted octanol–water partition coefficient (Wildman–Crippen LogP) is 3.71. The molecule has 3 heteroatoms. The molecule has 0 amide bonds. The van der Waals surface area contributed by atoms with Crippen LogP contribution in [0.25, 0.3) is 0 Å². The Balaban J connectivity index is 1.89. The molecule has 2 rings (SSSR count). The van der Waals surface area contributed by atoms with Crippen LogP contribution in [0.4, 0.5) is 0 Å². The van der Waals surface area contributed by atoms with Gasteiger partial charge in [0.25, 0.3) is 0 Å². The van der Waals surface area contributed by atoms with Crippen molar-refractivity contribution in [1.29, 1.82) is 0 Å². The molecule has 1 saturated carbocycles. The Morgan fingerprint density at radius 2 is 2.00 bits per heavy atom. The average Bonchev–Trinajstić information content (AvgIpc) is 2.77. The number of rotatable bonds is 6. The zero-order chi connectivity index (χ0) is 14.5. The molecule has 3 nitrogen and oxygen atoms in total. The summed E-state index contributed by atoms with van der Waals surface area (Å²) in [5.41, 5.74) is 1.27. The lowest BCUT2D eigenvalue weighted by Crippen LogP contribution is -2.34. The molecule has 1 aliphatic carbocycles. The van der Waals surface area contributed by atoms with Gasteiger partial charge in [0.15, 0.2) is 0 Å². The fourth-order valence-electron chi connectivity index (χ4n) is 3.14. The maximum absolute atomic E-state index is 5.99. The van der Waals surface area contributed by atoms with Crippen LogP contribution in [0.15, 0.2) is 10.5 Å². The first kappa shape index (κ1) is 15.6. The minimum atomic E-state index is 0.730. The molecular formula is C17H30N2O. The van der Waals surface area contributed by atoms with Gasteiger partial charge in [-0.25, -0.2) is 0 Å². The van der Waals surface area contributed by atoms with Crippen molar-refractivity contribution in [1.82, 2.24) is 10.2 Å². The van der Waals surface area contributed by atoms with E-state index >= 15 is 0 Å². The normalized spacial score (nSPS) is 23.4. The van der Waals surface area contributed by atoms with Gasteiger partial charge in [0.05, 0.1) is 13.1 Å². The van der Waals surface area contributed by atoms with Crippen LogP contribution in [-0.2, 0) is 13.1 Å². The summed E-state index contributed by atoms with van der Waals surface area (Å²) < 4.78 is 5.99. The average molecular weight is 278 g/mol. The summed E-state index contributed by atoms with van der Waals surface area (Å²) in [6, 6.07) is 2.93. The lowest BCUT2D eigenvalue weighted by Gasteiger charge is -2.33. The Morgan fingerprint density at radius 1 is 1.30 bits per heavy atom. The molecule has 1 N–H and O–H groups in total. The van der Waals surface area contributed by atoms with Crippen molar-refractivity contribution in [3.8, 4) is 0 Å². The second kappa shape index (κ2) is 7.28. The molecule has 0 atom stereocenters. The van der Waals surface area contributed by atoms with Crippen molar-refractivity contribution < 1.29 is 4.42 Å². The Kier molecular flexibility index (Phi) is 5.67. The third-order valence-corrected chi connectivity index (χ3v) is 4.62. The lowest BCUT2D eigenvalue weighted by molar-refractivity contribution is 0.154. The third kappa shape index (κ3) is 4.10. The number of furan rings is 1. The smallest absolute Gasteiger partial charge is 0.120 e. The number of aryl methyl sites for hydroxylation is 1. The zero-order valence-electron chi connectivity index (χ0n) is 13.5. The molecule has 1 fully saturated rings. The number of nitrogens with zero attached hydrogens (tertiary/aromatic N) is 1. The van der Waals surface area contributed by atoms with Crippen molar-refractivity contribution in [2.24, 2.45) is 5.92 Å². The van der Waals surface area contributed by atoms with Gasteiger partial charge in [-0.3, -0.25) is 4.90 Å². The molecule has 0 aromatic carbocycles. The van der Waals surface area contributed by atoms with E-state index in [1.54, 1.807) is 0 Å². The van der Waals surface area contributed by atoms with E-state index in [0.29, 0.717) is 0 Å². The predicted molar refractivity (Wildman–Crippen MR) is 83.7 cm³/mol. The molecule has 0 saturated heterocycles. The quantitative estimate of drug-likeness (QED) is 0.860. The maximum atomic E-state index is 5.99. The van der Waals surface area contributed by atoms with Gasteiger partial charge in [-0.05, 0) is 63.7 Å². The topological polar surface area (TPSA) is 28.4 Å². The van der Waals surface area contributed by atoms with Gasteiger partial charge in [-0.1, -0.05) is 13.8 Å². The van der Waals surface area contributed by atoms with Crippen LogP contribution >= 0.6 is 0 Å². The van der Waals surface area contributed by atoms with Crippen molar-refractivity contribution >= 4 is 0 Å². The summed E-state index contributed by atoms with van der Waals surface area (Å²) in [6.07, 6.45) is 5.42. The van der Waals surface area contributed by atoms with Crippen LogP contribution in [-0.4, -0.2) is 24.5 Å². The Labute approximate surface area is 123 Å². The zero-order valence-corrected chi connectivity index (χ0v) is 13.5. The Hall–Kier alpha value is -0.800. The highest BCUT2D eigenvalue weighted by molar-refractivity contribution is 5.20. The van der Waals surface area contributed by atoms with Crippen LogP contribution in [0.1, 0.15) is 56.6 Å². The van der Waals surface area contributed by atoms with E-state index in [-0.39, 0.29) is 0 Å². The van der Waals surface area contributed by atoms with Crippen molar-refractivity contribution in [3.05, 3.63) is 23.2 Å². The molecule has 0 aliphatic heterocycles. The van der Waals surface area contributed by atoms with Crippen LogP contribution in [0.2, 0.25) is 0 Å². The van der Waals surface area contributed by atoms with Gasteiger partial charge >= 0.3 is 0 Å². The highest BCUT2D eigenvalue weighted by atomic mass is 16.3. The Bertz CT molecular complexity index is 405. The Morgan fingerprint density at radius 3 is 2.65 bits per heavy atom. The minimum absolute atomic E-state index is 0.730. The first-order valence-electron chi connectivity index (χ1n) is 8.09. The molecule has 1 aromatic heterocycles. The molecule has 20 heavy (non-hydrogen) atoms. The largest absolute Gasteiger partial charge is 0.463 e. The van der Waals surface area contributed by atoms with Gasteiger partial charge < -0.3 is 9.73 Å². The second-order valence-corrected chi connectivity index (χ2v) is 6.43.